The molecule has 0 saturated heterocycles. The molecule has 0 aliphatic carbocycles. The first-order valence-corrected chi connectivity index (χ1v) is 9.13. The van der Waals surface area contributed by atoms with Crippen LogP contribution in [-0.4, -0.2) is 36.4 Å². The van der Waals surface area contributed by atoms with Gasteiger partial charge in [0.2, 0.25) is 0 Å². The van der Waals surface area contributed by atoms with Gasteiger partial charge in [-0.05, 0) is 52.9 Å². The third-order valence-corrected chi connectivity index (χ3v) is 5.50. The number of hydrogen-bond donors (Lipinski definition) is 0. The van der Waals surface area contributed by atoms with Crippen LogP contribution in [0.1, 0.15) is 38.2 Å². The fraction of sp³-hybridized carbons (Fsp3) is 0.381. The Labute approximate surface area is 161 Å². The van der Waals surface area contributed by atoms with Crippen molar-refractivity contribution in [2.75, 3.05) is 20.7 Å². The van der Waals surface area contributed by atoms with E-state index in [-0.39, 0.29) is 23.6 Å². The number of methoxy groups -OCH3 is 1. The van der Waals surface area contributed by atoms with Gasteiger partial charge < -0.3 is 9.64 Å². The van der Waals surface area contributed by atoms with Gasteiger partial charge in [-0.1, -0.05) is 6.07 Å². The Morgan fingerprint density at radius 3 is 2.61 bits per heavy atom. The van der Waals surface area contributed by atoms with Crippen molar-refractivity contribution in [3.05, 3.63) is 63.7 Å². The van der Waals surface area contributed by atoms with Crippen LogP contribution < -0.4 is 4.74 Å². The molecule has 148 valence electrons. The van der Waals surface area contributed by atoms with Crippen molar-refractivity contribution in [2.24, 2.45) is 0 Å². The monoisotopic (exact) mass is 390 g/mol. The van der Waals surface area contributed by atoms with E-state index >= 15 is 0 Å². The predicted molar refractivity (Wildman–Crippen MR) is 98.1 cm³/mol. The number of halogens is 3. The van der Waals surface area contributed by atoms with Gasteiger partial charge in [0.05, 0.1) is 12.7 Å². The van der Waals surface area contributed by atoms with Crippen molar-refractivity contribution >= 4 is 5.91 Å². The number of rotatable bonds is 3. The fourth-order valence-electron chi connectivity index (χ4n) is 4.06. The molecular formula is C21H21F3N2O2. The summed E-state index contributed by atoms with van der Waals surface area (Å²) in [5.74, 6) is 0.419. The van der Waals surface area contributed by atoms with Gasteiger partial charge in [-0.2, -0.15) is 13.2 Å². The number of carbonyl (C=O) groups excluding carboxylic acids is 1. The van der Waals surface area contributed by atoms with Crippen LogP contribution in [0.4, 0.5) is 13.2 Å². The lowest BCUT2D eigenvalue weighted by Crippen LogP contribution is -2.30. The zero-order valence-electron chi connectivity index (χ0n) is 15.8. The summed E-state index contributed by atoms with van der Waals surface area (Å²) in [6, 6.07) is 8.76. The topological polar surface area (TPSA) is 32.8 Å². The van der Waals surface area contributed by atoms with E-state index in [1.165, 1.54) is 23.6 Å². The second-order valence-electron chi connectivity index (χ2n) is 7.42. The maximum absolute atomic E-state index is 13.6. The molecule has 0 spiro atoms. The van der Waals surface area contributed by atoms with Crippen LogP contribution in [0.25, 0.3) is 0 Å². The number of ether oxygens (including phenoxy) is 1. The van der Waals surface area contributed by atoms with E-state index in [0.29, 0.717) is 18.7 Å². The molecule has 2 aromatic carbocycles. The van der Waals surface area contributed by atoms with Crippen molar-refractivity contribution < 1.29 is 22.7 Å². The van der Waals surface area contributed by atoms with E-state index in [2.05, 4.69) is 4.90 Å². The molecule has 0 unspecified atom stereocenters. The van der Waals surface area contributed by atoms with E-state index in [1.807, 2.05) is 18.2 Å². The van der Waals surface area contributed by atoms with E-state index in [9.17, 15) is 18.0 Å². The van der Waals surface area contributed by atoms with Gasteiger partial charge >= 0.3 is 6.18 Å². The molecule has 0 fully saturated rings. The van der Waals surface area contributed by atoms with E-state index < -0.39 is 11.7 Å². The highest BCUT2D eigenvalue weighted by molar-refractivity contribution is 5.98. The first kappa shape index (κ1) is 18.8. The Balaban J connectivity index is 1.63. The Hall–Kier alpha value is -2.54. The third-order valence-electron chi connectivity index (χ3n) is 5.50. The Kier molecular flexibility index (Phi) is 4.57. The summed E-state index contributed by atoms with van der Waals surface area (Å²) in [5.41, 5.74) is 2.43. The Morgan fingerprint density at radius 1 is 1.11 bits per heavy atom. The van der Waals surface area contributed by atoms with Crippen LogP contribution in [0.15, 0.2) is 30.3 Å². The molecule has 4 nitrogen and oxygen atoms in total. The van der Waals surface area contributed by atoms with Gasteiger partial charge in [0.15, 0.2) is 0 Å². The quantitative estimate of drug-likeness (QED) is 0.798. The fourth-order valence-corrected chi connectivity index (χ4v) is 4.06. The van der Waals surface area contributed by atoms with Crippen molar-refractivity contribution in [1.82, 2.24) is 9.80 Å². The van der Waals surface area contributed by atoms with Crippen LogP contribution in [-0.2, 0) is 32.2 Å². The Bertz CT molecular complexity index is 940. The van der Waals surface area contributed by atoms with Crippen molar-refractivity contribution in [3.8, 4) is 5.75 Å². The van der Waals surface area contributed by atoms with E-state index in [4.69, 9.17) is 4.74 Å². The average Bonchev–Trinajstić information content (AvgIpc) is 2.94. The SMILES string of the molecule is COc1ccc2c(c1)CN(Cc1cc3c(c(C(F)(F)F)c1)CN(C)C3=O)CC2. The molecule has 0 aromatic heterocycles. The molecule has 7 heteroatoms. The highest BCUT2D eigenvalue weighted by atomic mass is 19.4. The largest absolute Gasteiger partial charge is 0.497 e. The number of fused-ring (bicyclic) bond motifs is 2. The second kappa shape index (κ2) is 6.81. The number of amides is 1. The van der Waals surface area contributed by atoms with Gasteiger partial charge in [0.1, 0.15) is 5.75 Å². The molecule has 0 N–H and O–H groups in total. The molecule has 2 aromatic rings. The summed E-state index contributed by atoms with van der Waals surface area (Å²) in [4.78, 5) is 15.7. The van der Waals surface area contributed by atoms with Gasteiger partial charge in [-0.3, -0.25) is 9.69 Å². The Morgan fingerprint density at radius 2 is 1.89 bits per heavy atom. The third kappa shape index (κ3) is 3.35. The summed E-state index contributed by atoms with van der Waals surface area (Å²) in [6.45, 7) is 1.76. The van der Waals surface area contributed by atoms with E-state index in [0.717, 1.165) is 24.3 Å². The molecule has 0 saturated carbocycles. The van der Waals surface area contributed by atoms with E-state index in [1.54, 1.807) is 13.2 Å². The minimum Gasteiger partial charge on any atom is -0.497 e. The minimum absolute atomic E-state index is 0.000173. The first-order valence-electron chi connectivity index (χ1n) is 9.13. The zero-order valence-corrected chi connectivity index (χ0v) is 15.8. The van der Waals surface area contributed by atoms with Gasteiger partial charge in [-0.15, -0.1) is 0 Å². The molecule has 1 amide bonds. The van der Waals surface area contributed by atoms with Gasteiger partial charge in [0.25, 0.3) is 5.91 Å². The molecule has 2 aliphatic heterocycles. The summed E-state index contributed by atoms with van der Waals surface area (Å²) in [7, 11) is 3.14. The summed E-state index contributed by atoms with van der Waals surface area (Å²) >= 11 is 0. The zero-order chi connectivity index (χ0) is 20.1. The van der Waals surface area contributed by atoms with Crippen LogP contribution >= 0.6 is 0 Å². The van der Waals surface area contributed by atoms with Crippen molar-refractivity contribution in [3.63, 3.8) is 0 Å². The second-order valence-corrected chi connectivity index (χ2v) is 7.42. The lowest BCUT2D eigenvalue weighted by atomic mass is 9.96. The number of nitrogens with zero attached hydrogens (tertiary/aromatic N) is 2. The van der Waals surface area contributed by atoms with Gasteiger partial charge in [0, 0.05) is 38.8 Å². The smallest absolute Gasteiger partial charge is 0.416 e. The highest BCUT2D eigenvalue weighted by Gasteiger charge is 2.39. The lowest BCUT2D eigenvalue weighted by Gasteiger charge is -2.29. The average molecular weight is 390 g/mol. The molecular weight excluding hydrogens is 369 g/mol. The molecule has 2 aliphatic rings. The maximum Gasteiger partial charge on any atom is 0.416 e. The predicted octanol–water partition coefficient (Wildman–Crippen LogP) is 3.86. The van der Waals surface area contributed by atoms with Crippen LogP contribution in [0, 0.1) is 0 Å². The van der Waals surface area contributed by atoms with Gasteiger partial charge in [-0.25, -0.2) is 0 Å². The number of benzene rings is 2. The molecule has 0 atom stereocenters. The standard InChI is InChI=1S/C21H21F3N2O2/c1-25-12-18-17(20(25)27)7-13(8-19(18)21(22,23)24)10-26-6-5-14-3-4-16(28-2)9-15(14)11-26/h3-4,7-9H,5-6,10-12H2,1-2H3. The minimum atomic E-state index is -4.48. The molecule has 4 rings (SSSR count). The normalized spacial score (nSPS) is 16.9. The summed E-state index contributed by atoms with van der Waals surface area (Å²) in [5, 5.41) is 0. The summed E-state index contributed by atoms with van der Waals surface area (Å²) in [6.07, 6.45) is -3.65. The summed E-state index contributed by atoms with van der Waals surface area (Å²) < 4.78 is 46.0. The molecule has 0 bridgehead atoms. The van der Waals surface area contributed by atoms with Crippen molar-refractivity contribution in [2.45, 2.75) is 32.2 Å². The molecule has 0 radical (unpaired) electrons. The molecule has 2 heterocycles. The van der Waals surface area contributed by atoms with Crippen LogP contribution in [0.3, 0.4) is 0 Å². The first-order chi connectivity index (χ1) is 13.3. The van der Waals surface area contributed by atoms with Crippen LogP contribution in [0.2, 0.25) is 0 Å². The molecule has 28 heavy (non-hydrogen) atoms. The van der Waals surface area contributed by atoms with Crippen LogP contribution in [0.5, 0.6) is 5.75 Å². The lowest BCUT2D eigenvalue weighted by molar-refractivity contribution is -0.138. The number of carbonyl (C=O) groups is 1. The number of hydrogen-bond acceptors (Lipinski definition) is 3. The van der Waals surface area contributed by atoms with Crippen molar-refractivity contribution in [1.29, 1.82) is 0 Å². The maximum atomic E-state index is 13.6. The highest BCUT2D eigenvalue weighted by Crippen LogP contribution is 2.38. The number of alkyl halides is 3.